The van der Waals surface area contributed by atoms with Crippen LogP contribution in [0.5, 0.6) is 0 Å². The number of hydrogen-bond acceptors (Lipinski definition) is 4. The van der Waals surface area contributed by atoms with E-state index in [0.29, 0.717) is 18.3 Å². The molecule has 1 saturated carbocycles. The van der Waals surface area contributed by atoms with E-state index in [-0.39, 0.29) is 5.91 Å². The normalized spacial score (nSPS) is 13.6. The van der Waals surface area contributed by atoms with Crippen molar-refractivity contribution in [2.75, 3.05) is 0 Å². The number of pyridine rings is 1. The predicted molar refractivity (Wildman–Crippen MR) is 99.4 cm³/mol. The van der Waals surface area contributed by atoms with Crippen molar-refractivity contribution in [3.63, 3.8) is 0 Å². The number of carbonyl (C=O) groups is 1. The maximum absolute atomic E-state index is 13.0. The zero-order valence-electron chi connectivity index (χ0n) is 14.1. The van der Waals surface area contributed by atoms with Crippen LogP contribution in [0.15, 0.2) is 54.2 Å². The molecule has 0 spiro atoms. The van der Waals surface area contributed by atoms with Crippen molar-refractivity contribution in [1.82, 2.24) is 14.9 Å². The van der Waals surface area contributed by atoms with Crippen LogP contribution >= 0.6 is 11.3 Å². The lowest BCUT2D eigenvalue weighted by molar-refractivity contribution is 0.0725. The van der Waals surface area contributed by atoms with Crippen LogP contribution in [0, 0.1) is 6.92 Å². The first-order chi connectivity index (χ1) is 12.2. The highest BCUT2D eigenvalue weighted by Gasteiger charge is 2.34. The number of carbonyl (C=O) groups excluding carboxylic acids is 1. The van der Waals surface area contributed by atoms with Crippen LogP contribution in [0.4, 0.5) is 0 Å². The van der Waals surface area contributed by atoms with E-state index in [4.69, 9.17) is 0 Å². The van der Waals surface area contributed by atoms with Crippen LogP contribution in [0.1, 0.15) is 34.5 Å². The average Bonchev–Trinajstić information content (AvgIpc) is 3.37. The standard InChI is InChI=1S/C20H19N3OS/c1-14-4-2-3-5-17(14)19-22-18(13-25-19)20(24)23(16-6-7-16)12-15-8-10-21-11-9-15/h2-5,8-11,13,16H,6-7,12H2,1H3. The van der Waals surface area contributed by atoms with Gasteiger partial charge in [0.25, 0.3) is 5.91 Å². The monoisotopic (exact) mass is 349 g/mol. The van der Waals surface area contributed by atoms with Gasteiger partial charge in [-0.05, 0) is 43.0 Å². The molecule has 0 unspecified atom stereocenters. The summed E-state index contributed by atoms with van der Waals surface area (Å²) in [7, 11) is 0. The van der Waals surface area contributed by atoms with Gasteiger partial charge in [-0.3, -0.25) is 9.78 Å². The molecule has 126 valence electrons. The minimum Gasteiger partial charge on any atom is -0.330 e. The number of aryl methyl sites for hydroxylation is 1. The summed E-state index contributed by atoms with van der Waals surface area (Å²) in [4.78, 5) is 23.6. The van der Waals surface area contributed by atoms with Crippen molar-refractivity contribution in [2.45, 2.75) is 32.4 Å². The number of thiazole rings is 1. The molecule has 1 aliphatic rings. The molecule has 0 saturated heterocycles. The third kappa shape index (κ3) is 3.46. The lowest BCUT2D eigenvalue weighted by Gasteiger charge is -2.21. The highest BCUT2D eigenvalue weighted by molar-refractivity contribution is 7.13. The van der Waals surface area contributed by atoms with E-state index in [9.17, 15) is 4.79 Å². The Hall–Kier alpha value is -2.53. The average molecular weight is 349 g/mol. The zero-order valence-corrected chi connectivity index (χ0v) is 14.9. The summed E-state index contributed by atoms with van der Waals surface area (Å²) in [6, 6.07) is 12.4. The molecule has 1 aromatic carbocycles. The highest BCUT2D eigenvalue weighted by Crippen LogP contribution is 2.31. The second kappa shape index (κ2) is 6.76. The van der Waals surface area contributed by atoms with E-state index >= 15 is 0 Å². The Morgan fingerprint density at radius 2 is 1.96 bits per heavy atom. The maximum Gasteiger partial charge on any atom is 0.273 e. The van der Waals surface area contributed by atoms with Gasteiger partial charge in [0.15, 0.2) is 0 Å². The van der Waals surface area contributed by atoms with Crippen molar-refractivity contribution in [1.29, 1.82) is 0 Å². The molecule has 2 heterocycles. The minimum absolute atomic E-state index is 0.0235. The van der Waals surface area contributed by atoms with Crippen molar-refractivity contribution in [3.05, 3.63) is 71.0 Å². The highest BCUT2D eigenvalue weighted by atomic mass is 32.1. The van der Waals surface area contributed by atoms with E-state index in [1.54, 1.807) is 12.4 Å². The summed E-state index contributed by atoms with van der Waals surface area (Å²) in [5, 5.41) is 2.78. The molecule has 1 amide bonds. The SMILES string of the molecule is Cc1ccccc1-c1nc(C(=O)N(Cc2ccncc2)C2CC2)cs1. The van der Waals surface area contributed by atoms with E-state index in [1.807, 2.05) is 34.5 Å². The predicted octanol–water partition coefficient (Wildman–Crippen LogP) is 4.32. The second-order valence-corrected chi connectivity index (χ2v) is 7.23. The Kier molecular flexibility index (Phi) is 4.32. The number of hydrogen-bond donors (Lipinski definition) is 0. The van der Waals surface area contributed by atoms with Gasteiger partial charge in [0.2, 0.25) is 0 Å². The molecule has 0 radical (unpaired) electrons. The van der Waals surface area contributed by atoms with Gasteiger partial charge in [-0.2, -0.15) is 0 Å². The Labute approximate surface area is 151 Å². The number of rotatable bonds is 5. The van der Waals surface area contributed by atoms with Crippen molar-refractivity contribution in [3.8, 4) is 10.6 Å². The van der Waals surface area contributed by atoms with Gasteiger partial charge >= 0.3 is 0 Å². The van der Waals surface area contributed by atoms with E-state index in [1.165, 1.54) is 16.9 Å². The summed E-state index contributed by atoms with van der Waals surface area (Å²) in [6.07, 6.45) is 5.69. The first kappa shape index (κ1) is 16.0. The molecule has 0 N–H and O–H groups in total. The summed E-state index contributed by atoms with van der Waals surface area (Å²) >= 11 is 1.53. The van der Waals surface area contributed by atoms with Crippen LogP contribution in [0.2, 0.25) is 0 Å². The van der Waals surface area contributed by atoms with Crippen LogP contribution in [0.25, 0.3) is 10.6 Å². The second-order valence-electron chi connectivity index (χ2n) is 6.37. The number of nitrogens with zero attached hydrogens (tertiary/aromatic N) is 3. The fourth-order valence-corrected chi connectivity index (χ4v) is 3.78. The largest absolute Gasteiger partial charge is 0.330 e. The number of aromatic nitrogens is 2. The molecule has 0 aliphatic heterocycles. The molecule has 1 aliphatic carbocycles. The van der Waals surface area contributed by atoms with Gasteiger partial charge < -0.3 is 4.90 Å². The van der Waals surface area contributed by atoms with Gasteiger partial charge in [0.05, 0.1) is 0 Å². The van der Waals surface area contributed by atoms with E-state index < -0.39 is 0 Å². The fraction of sp³-hybridized carbons (Fsp3) is 0.250. The van der Waals surface area contributed by atoms with Crippen molar-refractivity contribution >= 4 is 17.2 Å². The van der Waals surface area contributed by atoms with Crippen molar-refractivity contribution in [2.24, 2.45) is 0 Å². The summed E-state index contributed by atoms with van der Waals surface area (Å²) in [5.41, 5.74) is 3.92. The Morgan fingerprint density at radius 3 is 2.68 bits per heavy atom. The van der Waals surface area contributed by atoms with Gasteiger partial charge in [-0.15, -0.1) is 11.3 Å². The molecule has 0 atom stereocenters. The maximum atomic E-state index is 13.0. The van der Waals surface area contributed by atoms with Gasteiger partial charge in [-0.1, -0.05) is 24.3 Å². The third-order valence-electron chi connectivity index (χ3n) is 4.45. The van der Waals surface area contributed by atoms with E-state index in [2.05, 4.69) is 29.0 Å². The molecule has 0 bridgehead atoms. The quantitative estimate of drug-likeness (QED) is 0.689. The summed E-state index contributed by atoms with van der Waals surface area (Å²) in [5.74, 6) is 0.0235. The lowest BCUT2D eigenvalue weighted by atomic mass is 10.1. The summed E-state index contributed by atoms with van der Waals surface area (Å²) < 4.78 is 0. The first-order valence-electron chi connectivity index (χ1n) is 8.44. The van der Waals surface area contributed by atoms with Crippen LogP contribution in [-0.2, 0) is 6.54 Å². The molecular formula is C20H19N3OS. The molecule has 25 heavy (non-hydrogen) atoms. The zero-order chi connectivity index (χ0) is 17.2. The van der Waals surface area contributed by atoms with Crippen LogP contribution in [-0.4, -0.2) is 26.8 Å². The topological polar surface area (TPSA) is 46.1 Å². The van der Waals surface area contributed by atoms with Crippen LogP contribution < -0.4 is 0 Å². The molecule has 4 rings (SSSR count). The molecule has 5 heteroatoms. The van der Waals surface area contributed by atoms with Crippen LogP contribution in [0.3, 0.4) is 0 Å². The fourth-order valence-electron chi connectivity index (χ4n) is 2.89. The van der Waals surface area contributed by atoms with Gasteiger partial charge in [-0.25, -0.2) is 4.98 Å². The Balaban J connectivity index is 1.58. The molecule has 3 aromatic rings. The first-order valence-corrected chi connectivity index (χ1v) is 9.32. The Bertz CT molecular complexity index is 887. The van der Waals surface area contributed by atoms with Gasteiger partial charge in [0, 0.05) is 35.9 Å². The number of amides is 1. The van der Waals surface area contributed by atoms with E-state index in [0.717, 1.165) is 29.0 Å². The molecule has 4 nitrogen and oxygen atoms in total. The smallest absolute Gasteiger partial charge is 0.273 e. The summed E-state index contributed by atoms with van der Waals surface area (Å²) in [6.45, 7) is 2.68. The molecule has 2 aromatic heterocycles. The minimum atomic E-state index is 0.0235. The van der Waals surface area contributed by atoms with Gasteiger partial charge in [0.1, 0.15) is 10.7 Å². The third-order valence-corrected chi connectivity index (χ3v) is 5.33. The van der Waals surface area contributed by atoms with Crippen molar-refractivity contribution < 1.29 is 4.79 Å². The Morgan fingerprint density at radius 1 is 1.20 bits per heavy atom. The molecular weight excluding hydrogens is 330 g/mol. The number of benzene rings is 1. The molecule has 1 fully saturated rings. The lowest BCUT2D eigenvalue weighted by Crippen LogP contribution is -2.32.